The van der Waals surface area contributed by atoms with Crippen LogP contribution >= 0.6 is 23.5 Å². The molecule has 2 aliphatic heterocycles. The number of thioether (sulfide) groups is 2. The van der Waals surface area contributed by atoms with Gasteiger partial charge in [0.05, 0.1) is 12.2 Å². The second-order valence-electron chi connectivity index (χ2n) is 4.81. The number of ether oxygens (including phenoxy) is 1. The van der Waals surface area contributed by atoms with E-state index in [-0.39, 0.29) is 11.5 Å². The molecule has 0 radical (unpaired) electrons. The summed E-state index contributed by atoms with van der Waals surface area (Å²) < 4.78 is 5.22. The third-order valence-corrected chi connectivity index (χ3v) is 5.79. The van der Waals surface area contributed by atoms with E-state index in [9.17, 15) is 35.7 Å². The number of hydrogen-bond acceptors (Lipinski definition) is 10. The standard InChI is InChI=1S/C10H18O8S2/c11-3-1-19-9(7(15)5(3)13)18-10(17)8(16)6(14)4(12)2-20-10/h3-9,11-17H,1-2H2/t3-,4-,5-,6+,7+,8-,9+,10-/m1/s1. The molecule has 7 N–H and O–H groups in total. The molecule has 0 spiro atoms. The maximum Gasteiger partial charge on any atom is 0.246 e. The molecule has 2 saturated heterocycles. The summed E-state index contributed by atoms with van der Waals surface area (Å²) in [7, 11) is 0. The van der Waals surface area contributed by atoms with Crippen molar-refractivity contribution in [1.82, 2.24) is 0 Å². The molecule has 0 unspecified atom stereocenters. The highest BCUT2D eigenvalue weighted by atomic mass is 32.2. The predicted octanol–water partition coefficient (Wildman–Crippen LogP) is -3.37. The third-order valence-electron chi connectivity index (χ3n) is 3.29. The van der Waals surface area contributed by atoms with Crippen LogP contribution in [0.2, 0.25) is 0 Å². The summed E-state index contributed by atoms with van der Waals surface area (Å²) >= 11 is 1.66. The number of aliphatic hydroxyl groups is 7. The first kappa shape index (κ1) is 16.7. The topological polar surface area (TPSA) is 151 Å². The van der Waals surface area contributed by atoms with Gasteiger partial charge in [0.25, 0.3) is 0 Å². The second-order valence-corrected chi connectivity index (χ2v) is 7.15. The molecule has 2 rings (SSSR count). The van der Waals surface area contributed by atoms with E-state index in [1.165, 1.54) is 0 Å². The fourth-order valence-electron chi connectivity index (χ4n) is 1.97. The first-order chi connectivity index (χ1) is 9.26. The Labute approximate surface area is 123 Å². The first-order valence-corrected chi connectivity index (χ1v) is 8.04. The van der Waals surface area contributed by atoms with Crippen LogP contribution in [0, 0.1) is 0 Å². The number of hydrogen-bond donors (Lipinski definition) is 7. The zero-order chi connectivity index (χ0) is 15.1. The number of aliphatic hydroxyl groups excluding tert-OH is 6. The van der Waals surface area contributed by atoms with Crippen LogP contribution in [0.4, 0.5) is 0 Å². The van der Waals surface area contributed by atoms with Gasteiger partial charge in [0, 0.05) is 11.5 Å². The lowest BCUT2D eigenvalue weighted by molar-refractivity contribution is -0.251. The molecule has 0 aromatic heterocycles. The van der Waals surface area contributed by atoms with Crippen molar-refractivity contribution in [3.05, 3.63) is 0 Å². The van der Waals surface area contributed by atoms with Crippen molar-refractivity contribution in [3.63, 3.8) is 0 Å². The molecule has 0 bridgehead atoms. The highest BCUT2D eigenvalue weighted by Gasteiger charge is 2.52. The molecule has 10 heteroatoms. The molecular formula is C10H18O8S2. The molecule has 8 atom stereocenters. The fourth-order valence-corrected chi connectivity index (χ4v) is 4.27. The van der Waals surface area contributed by atoms with Gasteiger partial charge in [-0.1, -0.05) is 11.8 Å². The zero-order valence-corrected chi connectivity index (χ0v) is 11.9. The van der Waals surface area contributed by atoms with Crippen LogP contribution in [0.25, 0.3) is 0 Å². The van der Waals surface area contributed by atoms with Gasteiger partial charge in [0.15, 0.2) is 0 Å². The molecular weight excluding hydrogens is 312 g/mol. The summed E-state index contributed by atoms with van der Waals surface area (Å²) in [6.07, 6.45) is -8.54. The maximum atomic E-state index is 10.2. The number of rotatable bonds is 2. The van der Waals surface area contributed by atoms with Gasteiger partial charge < -0.3 is 40.5 Å². The maximum absolute atomic E-state index is 10.2. The Morgan fingerprint density at radius 3 is 2.10 bits per heavy atom. The van der Waals surface area contributed by atoms with Crippen LogP contribution in [0.15, 0.2) is 0 Å². The third kappa shape index (κ3) is 3.09. The van der Waals surface area contributed by atoms with Crippen LogP contribution in [0.1, 0.15) is 0 Å². The highest BCUT2D eigenvalue weighted by molar-refractivity contribution is 8.01. The molecule has 2 heterocycles. The predicted molar refractivity (Wildman–Crippen MR) is 70.8 cm³/mol. The monoisotopic (exact) mass is 330 g/mol. The van der Waals surface area contributed by atoms with E-state index in [1.807, 2.05) is 0 Å². The van der Waals surface area contributed by atoms with E-state index >= 15 is 0 Å². The summed E-state index contributed by atoms with van der Waals surface area (Å²) in [5.41, 5.74) is -1.08. The lowest BCUT2D eigenvalue weighted by Gasteiger charge is -2.44. The van der Waals surface area contributed by atoms with E-state index in [0.717, 1.165) is 11.8 Å². The van der Waals surface area contributed by atoms with Gasteiger partial charge in [0.2, 0.25) is 5.12 Å². The van der Waals surface area contributed by atoms with Gasteiger partial charge in [0.1, 0.15) is 29.9 Å². The van der Waals surface area contributed by atoms with Crippen molar-refractivity contribution in [2.45, 2.75) is 47.2 Å². The van der Waals surface area contributed by atoms with Gasteiger partial charge in [-0.2, -0.15) is 0 Å². The minimum Gasteiger partial charge on any atom is -0.389 e. The molecule has 2 aliphatic rings. The van der Waals surface area contributed by atoms with Crippen molar-refractivity contribution in [3.8, 4) is 0 Å². The average Bonchev–Trinajstić information content (AvgIpc) is 2.42. The highest BCUT2D eigenvalue weighted by Crippen LogP contribution is 2.40. The summed E-state index contributed by atoms with van der Waals surface area (Å²) in [6, 6.07) is 0. The molecule has 0 aliphatic carbocycles. The Kier molecular flexibility index (Phi) is 5.23. The molecule has 0 amide bonds. The minimum absolute atomic E-state index is 0.0621. The first-order valence-electron chi connectivity index (χ1n) is 6.00. The van der Waals surface area contributed by atoms with Crippen molar-refractivity contribution >= 4 is 23.5 Å². The van der Waals surface area contributed by atoms with Gasteiger partial charge in [-0.15, -0.1) is 11.8 Å². The quantitative estimate of drug-likeness (QED) is 0.256. The fraction of sp³-hybridized carbons (Fsp3) is 1.00. The van der Waals surface area contributed by atoms with Crippen molar-refractivity contribution in [1.29, 1.82) is 0 Å². The van der Waals surface area contributed by atoms with Gasteiger partial charge in [-0.3, -0.25) is 0 Å². The Bertz CT molecular complexity index is 347. The largest absolute Gasteiger partial charge is 0.389 e. The molecule has 118 valence electrons. The van der Waals surface area contributed by atoms with Crippen molar-refractivity contribution in [2.75, 3.05) is 11.5 Å². The molecule has 0 saturated carbocycles. The lowest BCUT2D eigenvalue weighted by Crippen LogP contribution is -2.60. The molecule has 0 aromatic rings. The van der Waals surface area contributed by atoms with Gasteiger partial charge >= 0.3 is 0 Å². The smallest absolute Gasteiger partial charge is 0.246 e. The van der Waals surface area contributed by atoms with Crippen LogP contribution in [0.3, 0.4) is 0 Å². The van der Waals surface area contributed by atoms with Crippen LogP contribution in [-0.4, -0.2) is 94.4 Å². The summed E-state index contributed by atoms with van der Waals surface area (Å²) in [5.74, 6) is 0.0261. The summed E-state index contributed by atoms with van der Waals surface area (Å²) in [4.78, 5) is 0. The van der Waals surface area contributed by atoms with Crippen molar-refractivity contribution in [2.24, 2.45) is 0 Å². The van der Waals surface area contributed by atoms with Crippen LogP contribution in [0.5, 0.6) is 0 Å². The second kappa shape index (κ2) is 6.24. The van der Waals surface area contributed by atoms with Gasteiger partial charge in [-0.05, 0) is 0 Å². The normalized spacial score (nSPS) is 53.9. The Balaban J connectivity index is 2.05. The lowest BCUT2D eigenvalue weighted by atomic mass is 10.1. The molecule has 0 aromatic carbocycles. The SMILES string of the molecule is O[C@H]1[C@H](O)[C@@H](O[C@@]2(O)SC[C@@H](O)[C@H](O)[C@H]2O)SC[C@H]1O. The van der Waals surface area contributed by atoms with E-state index < -0.39 is 47.2 Å². The summed E-state index contributed by atoms with van der Waals surface area (Å²) in [6.45, 7) is 0. The zero-order valence-electron chi connectivity index (χ0n) is 10.3. The van der Waals surface area contributed by atoms with E-state index in [1.54, 1.807) is 0 Å². The van der Waals surface area contributed by atoms with Gasteiger partial charge in [-0.25, -0.2) is 0 Å². The van der Waals surface area contributed by atoms with Crippen molar-refractivity contribution < 1.29 is 40.5 Å². The Morgan fingerprint density at radius 2 is 1.45 bits per heavy atom. The van der Waals surface area contributed by atoms with E-state index in [4.69, 9.17) is 4.74 Å². The Hall–Kier alpha value is 0.380. The van der Waals surface area contributed by atoms with Crippen LogP contribution in [-0.2, 0) is 4.74 Å². The van der Waals surface area contributed by atoms with Crippen LogP contribution < -0.4 is 0 Å². The average molecular weight is 330 g/mol. The molecule has 20 heavy (non-hydrogen) atoms. The molecule has 2 fully saturated rings. The van der Waals surface area contributed by atoms with E-state index in [0.29, 0.717) is 11.8 Å². The minimum atomic E-state index is -2.21. The molecule has 8 nitrogen and oxygen atoms in total. The Morgan fingerprint density at radius 1 is 0.850 bits per heavy atom. The van der Waals surface area contributed by atoms with E-state index in [2.05, 4.69) is 0 Å². The summed E-state index contributed by atoms with van der Waals surface area (Å²) in [5, 5.41) is 65.5.